The molecule has 1 aliphatic heterocycles. The average molecular weight is 229 g/mol. The van der Waals surface area contributed by atoms with Crippen LogP contribution in [0.15, 0.2) is 18.2 Å². The van der Waals surface area contributed by atoms with Gasteiger partial charge in [-0.3, -0.25) is 4.79 Å². The molecule has 86 valence electrons. The van der Waals surface area contributed by atoms with Crippen molar-refractivity contribution < 1.29 is 18.0 Å². The maximum absolute atomic E-state index is 13.4. The predicted octanol–water partition coefficient (Wildman–Crippen LogP) is 2.21. The molecule has 0 saturated carbocycles. The van der Waals surface area contributed by atoms with Gasteiger partial charge in [-0.15, -0.1) is 0 Å². The van der Waals surface area contributed by atoms with E-state index in [4.69, 9.17) is 0 Å². The summed E-state index contributed by atoms with van der Waals surface area (Å²) in [6.07, 6.45) is -0.703. The number of carbonyl (C=O) groups is 1. The van der Waals surface area contributed by atoms with Crippen LogP contribution < -0.4 is 0 Å². The van der Waals surface area contributed by atoms with Gasteiger partial charge >= 0.3 is 0 Å². The third-order valence-electron chi connectivity index (χ3n) is 2.74. The Morgan fingerprint density at radius 1 is 1.38 bits per heavy atom. The summed E-state index contributed by atoms with van der Waals surface area (Å²) in [7, 11) is 0. The van der Waals surface area contributed by atoms with Crippen molar-refractivity contribution in [2.45, 2.75) is 18.6 Å². The van der Waals surface area contributed by atoms with Crippen LogP contribution in [0.25, 0.3) is 0 Å². The average Bonchev–Trinajstić information content (AvgIpc) is 2.63. The zero-order valence-corrected chi connectivity index (χ0v) is 8.37. The number of carbonyl (C=O) groups excluding carboxylic acids is 1. The van der Waals surface area contributed by atoms with Gasteiger partial charge in [-0.25, -0.2) is 13.2 Å². The Balaban J connectivity index is 2.35. The summed E-state index contributed by atoms with van der Waals surface area (Å²) in [5.74, 6) is -1.21. The van der Waals surface area contributed by atoms with E-state index in [0.29, 0.717) is 6.41 Å². The number of halogens is 3. The summed E-state index contributed by atoms with van der Waals surface area (Å²) < 4.78 is 39.5. The second kappa shape index (κ2) is 4.15. The lowest BCUT2D eigenvalue weighted by Gasteiger charge is -2.20. The minimum absolute atomic E-state index is 0.0130. The maximum atomic E-state index is 13.4. The molecule has 2 nitrogen and oxygen atoms in total. The smallest absolute Gasteiger partial charge is 0.210 e. The molecular weight excluding hydrogens is 219 g/mol. The minimum atomic E-state index is -1.18. The highest BCUT2D eigenvalue weighted by Gasteiger charge is 2.33. The van der Waals surface area contributed by atoms with Gasteiger partial charge in [-0.1, -0.05) is 0 Å². The predicted molar refractivity (Wildman–Crippen MR) is 51.4 cm³/mol. The van der Waals surface area contributed by atoms with Crippen molar-refractivity contribution in [3.05, 3.63) is 35.4 Å². The van der Waals surface area contributed by atoms with E-state index >= 15 is 0 Å². The molecule has 0 N–H and O–H groups in total. The zero-order chi connectivity index (χ0) is 11.7. The number of benzene rings is 1. The van der Waals surface area contributed by atoms with Crippen LogP contribution in [0.2, 0.25) is 0 Å². The van der Waals surface area contributed by atoms with Crippen LogP contribution in [0.5, 0.6) is 0 Å². The quantitative estimate of drug-likeness (QED) is 0.712. The maximum Gasteiger partial charge on any atom is 0.210 e. The third-order valence-corrected chi connectivity index (χ3v) is 2.74. The highest BCUT2D eigenvalue weighted by molar-refractivity contribution is 5.50. The molecule has 1 aromatic rings. The summed E-state index contributed by atoms with van der Waals surface area (Å²) >= 11 is 0. The number of rotatable bonds is 2. The molecule has 0 aliphatic carbocycles. The van der Waals surface area contributed by atoms with E-state index in [1.165, 1.54) is 0 Å². The molecule has 1 aliphatic rings. The number of amides is 1. The molecule has 0 radical (unpaired) electrons. The highest BCUT2D eigenvalue weighted by Crippen LogP contribution is 2.33. The zero-order valence-electron chi connectivity index (χ0n) is 8.37. The van der Waals surface area contributed by atoms with E-state index in [1.807, 2.05) is 0 Å². The molecule has 0 bridgehead atoms. The van der Waals surface area contributed by atoms with Crippen molar-refractivity contribution in [2.24, 2.45) is 0 Å². The molecule has 1 aromatic carbocycles. The number of likely N-dealkylation sites (tertiary alicyclic amines) is 1. The lowest BCUT2D eigenvalue weighted by atomic mass is 10.0. The van der Waals surface area contributed by atoms with Crippen LogP contribution >= 0.6 is 0 Å². The van der Waals surface area contributed by atoms with Crippen LogP contribution in [0.4, 0.5) is 13.2 Å². The normalized spacial score (nSPS) is 24.8. The van der Waals surface area contributed by atoms with Gasteiger partial charge in [0.15, 0.2) is 0 Å². The van der Waals surface area contributed by atoms with Gasteiger partial charge in [0.1, 0.15) is 17.8 Å². The van der Waals surface area contributed by atoms with Crippen molar-refractivity contribution in [1.29, 1.82) is 0 Å². The molecule has 1 heterocycles. The second-order valence-corrected chi connectivity index (χ2v) is 3.82. The van der Waals surface area contributed by atoms with Crippen molar-refractivity contribution in [2.75, 3.05) is 6.54 Å². The first-order valence-electron chi connectivity index (χ1n) is 4.92. The first-order valence-corrected chi connectivity index (χ1v) is 4.92. The Morgan fingerprint density at radius 3 is 2.81 bits per heavy atom. The van der Waals surface area contributed by atoms with E-state index in [9.17, 15) is 18.0 Å². The molecule has 2 rings (SSSR count). The number of hydrogen-bond acceptors (Lipinski definition) is 1. The van der Waals surface area contributed by atoms with Crippen molar-refractivity contribution in [1.82, 2.24) is 4.90 Å². The summed E-state index contributed by atoms with van der Waals surface area (Å²) in [4.78, 5) is 11.8. The van der Waals surface area contributed by atoms with Gasteiger partial charge in [0, 0.05) is 12.0 Å². The van der Waals surface area contributed by atoms with E-state index in [2.05, 4.69) is 0 Å². The topological polar surface area (TPSA) is 20.3 Å². The monoisotopic (exact) mass is 229 g/mol. The summed E-state index contributed by atoms with van der Waals surface area (Å²) in [5, 5.41) is 0. The molecule has 0 spiro atoms. The van der Waals surface area contributed by atoms with Gasteiger partial charge in [0.25, 0.3) is 0 Å². The van der Waals surface area contributed by atoms with Crippen molar-refractivity contribution in [3.63, 3.8) is 0 Å². The summed E-state index contributed by atoms with van der Waals surface area (Å²) in [6, 6.07) is 2.28. The minimum Gasteiger partial charge on any atom is -0.335 e. The standard InChI is InChI=1S/C11H10F3NO/c12-7-1-2-10(14)9(3-7)11-4-8(13)5-15(11)6-16/h1-3,6,8,11H,4-5H2/t8-,11+/m0/s1. The SMILES string of the molecule is O=CN1C[C@@H](F)C[C@@H]1c1cc(F)ccc1F. The lowest BCUT2D eigenvalue weighted by molar-refractivity contribution is -0.119. The van der Waals surface area contributed by atoms with Crippen molar-refractivity contribution in [3.8, 4) is 0 Å². The number of nitrogens with zero attached hydrogens (tertiary/aromatic N) is 1. The molecule has 0 aromatic heterocycles. The largest absolute Gasteiger partial charge is 0.335 e. The fourth-order valence-electron chi connectivity index (χ4n) is 2.00. The fraction of sp³-hybridized carbons (Fsp3) is 0.364. The molecule has 5 heteroatoms. The first-order chi connectivity index (χ1) is 7.61. The molecule has 1 fully saturated rings. The second-order valence-electron chi connectivity index (χ2n) is 3.82. The van der Waals surface area contributed by atoms with Gasteiger partial charge in [-0.05, 0) is 18.2 Å². The van der Waals surface area contributed by atoms with Crippen molar-refractivity contribution >= 4 is 6.41 Å². The van der Waals surface area contributed by atoms with E-state index in [1.54, 1.807) is 0 Å². The fourth-order valence-corrected chi connectivity index (χ4v) is 2.00. The van der Waals surface area contributed by atoms with Crippen LogP contribution in [0.1, 0.15) is 18.0 Å². The Bertz CT molecular complexity index is 410. The molecule has 1 saturated heterocycles. The molecule has 2 atom stereocenters. The Labute approximate surface area is 90.7 Å². The lowest BCUT2D eigenvalue weighted by Crippen LogP contribution is -2.22. The first kappa shape index (κ1) is 11.0. The Hall–Kier alpha value is -1.52. The molecular formula is C11H10F3NO. The molecule has 1 amide bonds. The summed E-state index contributed by atoms with van der Waals surface area (Å²) in [6.45, 7) is -0.0654. The summed E-state index contributed by atoms with van der Waals surface area (Å²) in [5.41, 5.74) is 0.0345. The van der Waals surface area contributed by atoms with Crippen LogP contribution in [-0.4, -0.2) is 24.0 Å². The molecule has 16 heavy (non-hydrogen) atoms. The molecule has 0 unspecified atom stereocenters. The van der Waals surface area contributed by atoms with E-state index in [-0.39, 0.29) is 18.5 Å². The van der Waals surface area contributed by atoms with Gasteiger partial charge < -0.3 is 4.90 Å². The Morgan fingerprint density at radius 2 is 2.12 bits per heavy atom. The van der Waals surface area contributed by atoms with E-state index < -0.39 is 23.8 Å². The van der Waals surface area contributed by atoms with Gasteiger partial charge in [0.2, 0.25) is 6.41 Å². The third kappa shape index (κ3) is 1.89. The Kier molecular flexibility index (Phi) is 2.85. The van der Waals surface area contributed by atoms with E-state index in [0.717, 1.165) is 23.1 Å². The van der Waals surface area contributed by atoms with Crippen LogP contribution in [0.3, 0.4) is 0 Å². The number of hydrogen-bond donors (Lipinski definition) is 0. The van der Waals surface area contributed by atoms with Gasteiger partial charge in [0.05, 0.1) is 12.6 Å². The van der Waals surface area contributed by atoms with Crippen LogP contribution in [0, 0.1) is 11.6 Å². The highest BCUT2D eigenvalue weighted by atomic mass is 19.1. The van der Waals surface area contributed by atoms with Crippen LogP contribution in [-0.2, 0) is 4.79 Å². The number of alkyl halides is 1. The van der Waals surface area contributed by atoms with Gasteiger partial charge in [-0.2, -0.15) is 0 Å².